The Labute approximate surface area is 115 Å². The summed E-state index contributed by atoms with van der Waals surface area (Å²) in [4.78, 5) is 2.55. The van der Waals surface area contributed by atoms with Crippen LogP contribution in [-0.4, -0.2) is 37.6 Å². The first-order chi connectivity index (χ1) is 8.40. The molecule has 3 unspecified atom stereocenters. The fourth-order valence-electron chi connectivity index (χ4n) is 3.51. The van der Waals surface area contributed by atoms with Crippen molar-refractivity contribution >= 4 is 0 Å². The van der Waals surface area contributed by atoms with Gasteiger partial charge in [0.1, 0.15) is 0 Å². The lowest BCUT2D eigenvalue weighted by molar-refractivity contribution is 0.192. The molecule has 1 aliphatic rings. The van der Waals surface area contributed by atoms with E-state index in [0.29, 0.717) is 11.5 Å². The van der Waals surface area contributed by atoms with Crippen LogP contribution >= 0.6 is 0 Å². The van der Waals surface area contributed by atoms with Crippen LogP contribution in [-0.2, 0) is 0 Å². The Morgan fingerprint density at radius 1 is 1.33 bits per heavy atom. The highest BCUT2D eigenvalue weighted by molar-refractivity contribution is 4.96. The largest absolute Gasteiger partial charge is 0.313 e. The zero-order chi connectivity index (χ0) is 13.8. The first-order valence-electron chi connectivity index (χ1n) is 7.82. The minimum atomic E-state index is 0.470. The van der Waals surface area contributed by atoms with Gasteiger partial charge in [-0.25, -0.2) is 0 Å². The van der Waals surface area contributed by atoms with Crippen molar-refractivity contribution in [2.75, 3.05) is 26.7 Å². The van der Waals surface area contributed by atoms with Crippen molar-refractivity contribution in [3.05, 3.63) is 0 Å². The molecule has 1 saturated carbocycles. The van der Waals surface area contributed by atoms with Crippen molar-refractivity contribution in [1.82, 2.24) is 10.2 Å². The number of nitrogens with one attached hydrogen (secondary N) is 1. The molecule has 1 N–H and O–H groups in total. The molecule has 0 spiro atoms. The highest BCUT2D eigenvalue weighted by Crippen LogP contribution is 2.41. The molecule has 0 aromatic heterocycles. The lowest BCUT2D eigenvalue weighted by Gasteiger charge is -2.33. The van der Waals surface area contributed by atoms with Crippen LogP contribution in [0.1, 0.15) is 53.9 Å². The summed E-state index contributed by atoms with van der Waals surface area (Å²) >= 11 is 0. The van der Waals surface area contributed by atoms with E-state index in [4.69, 9.17) is 0 Å². The molecule has 1 fully saturated rings. The van der Waals surface area contributed by atoms with E-state index in [1.54, 1.807) is 0 Å². The summed E-state index contributed by atoms with van der Waals surface area (Å²) in [7, 11) is 2.29. The van der Waals surface area contributed by atoms with Crippen LogP contribution in [0.15, 0.2) is 0 Å². The van der Waals surface area contributed by atoms with Gasteiger partial charge in [-0.15, -0.1) is 0 Å². The second-order valence-corrected chi connectivity index (χ2v) is 7.06. The molecule has 108 valence electrons. The van der Waals surface area contributed by atoms with Gasteiger partial charge in [-0.3, -0.25) is 0 Å². The first-order valence-corrected chi connectivity index (χ1v) is 7.82. The summed E-state index contributed by atoms with van der Waals surface area (Å²) in [6.07, 6.45) is 4.04. The molecule has 0 aromatic rings. The quantitative estimate of drug-likeness (QED) is 0.749. The van der Waals surface area contributed by atoms with Crippen LogP contribution in [0.2, 0.25) is 0 Å². The van der Waals surface area contributed by atoms with E-state index < -0.39 is 0 Å². The van der Waals surface area contributed by atoms with Gasteiger partial charge in [0.25, 0.3) is 0 Å². The van der Waals surface area contributed by atoms with Crippen molar-refractivity contribution < 1.29 is 0 Å². The average molecular weight is 254 g/mol. The van der Waals surface area contributed by atoms with Gasteiger partial charge in [0.05, 0.1) is 0 Å². The van der Waals surface area contributed by atoms with Crippen molar-refractivity contribution in [2.24, 2.45) is 17.3 Å². The second-order valence-electron chi connectivity index (χ2n) is 7.06. The van der Waals surface area contributed by atoms with Gasteiger partial charge in [-0.05, 0) is 43.7 Å². The van der Waals surface area contributed by atoms with Gasteiger partial charge in [-0.2, -0.15) is 0 Å². The fraction of sp³-hybridized carbons (Fsp3) is 1.00. The topological polar surface area (TPSA) is 15.3 Å². The molecular weight excluding hydrogens is 220 g/mol. The summed E-state index contributed by atoms with van der Waals surface area (Å²) in [5, 5.41) is 3.73. The van der Waals surface area contributed by atoms with Crippen molar-refractivity contribution in [1.29, 1.82) is 0 Å². The molecule has 0 heterocycles. The number of hydrogen-bond donors (Lipinski definition) is 1. The summed E-state index contributed by atoms with van der Waals surface area (Å²) < 4.78 is 0. The highest BCUT2D eigenvalue weighted by Gasteiger charge is 2.41. The molecule has 1 rings (SSSR count). The molecule has 1 aliphatic carbocycles. The third-order valence-electron chi connectivity index (χ3n) is 4.76. The Balaban J connectivity index is 2.50. The van der Waals surface area contributed by atoms with Gasteiger partial charge in [0.2, 0.25) is 0 Å². The predicted molar refractivity (Wildman–Crippen MR) is 80.9 cm³/mol. The lowest BCUT2D eigenvalue weighted by atomic mass is 9.84. The Bertz CT molecular complexity index is 237. The summed E-state index contributed by atoms with van der Waals surface area (Å²) in [6.45, 7) is 15.3. The molecule has 0 saturated heterocycles. The van der Waals surface area contributed by atoms with Gasteiger partial charge >= 0.3 is 0 Å². The van der Waals surface area contributed by atoms with Crippen LogP contribution in [0.5, 0.6) is 0 Å². The lowest BCUT2D eigenvalue weighted by Crippen LogP contribution is -2.45. The molecule has 2 nitrogen and oxygen atoms in total. The van der Waals surface area contributed by atoms with E-state index in [0.717, 1.165) is 18.4 Å². The van der Waals surface area contributed by atoms with Crippen LogP contribution in [0.3, 0.4) is 0 Å². The van der Waals surface area contributed by atoms with E-state index >= 15 is 0 Å². The third kappa shape index (κ3) is 4.24. The summed E-state index contributed by atoms with van der Waals surface area (Å²) in [5.74, 6) is 1.65. The average Bonchev–Trinajstić information content (AvgIpc) is 2.56. The maximum atomic E-state index is 3.73. The van der Waals surface area contributed by atoms with E-state index in [9.17, 15) is 0 Å². The Morgan fingerprint density at radius 2 is 2.00 bits per heavy atom. The van der Waals surface area contributed by atoms with Gasteiger partial charge in [0.15, 0.2) is 0 Å². The SMILES string of the molecule is CCNC1C(CN(C)CC(C)CC)CCC1(C)C. The Hall–Kier alpha value is -0.0800. The predicted octanol–water partition coefficient (Wildman–Crippen LogP) is 3.38. The smallest absolute Gasteiger partial charge is 0.0159 e. The van der Waals surface area contributed by atoms with E-state index in [1.165, 1.54) is 32.4 Å². The molecule has 0 aliphatic heterocycles. The van der Waals surface area contributed by atoms with Crippen LogP contribution in [0.25, 0.3) is 0 Å². The minimum Gasteiger partial charge on any atom is -0.313 e. The summed E-state index contributed by atoms with van der Waals surface area (Å²) in [6, 6.07) is 0.696. The summed E-state index contributed by atoms with van der Waals surface area (Å²) in [5.41, 5.74) is 0.470. The van der Waals surface area contributed by atoms with E-state index in [2.05, 4.69) is 51.9 Å². The van der Waals surface area contributed by atoms with Gasteiger partial charge < -0.3 is 10.2 Å². The van der Waals surface area contributed by atoms with E-state index in [-0.39, 0.29) is 0 Å². The van der Waals surface area contributed by atoms with Crippen molar-refractivity contribution in [3.8, 4) is 0 Å². The fourth-order valence-corrected chi connectivity index (χ4v) is 3.51. The second kappa shape index (κ2) is 6.91. The Morgan fingerprint density at radius 3 is 2.56 bits per heavy atom. The van der Waals surface area contributed by atoms with Gasteiger partial charge in [0, 0.05) is 19.1 Å². The molecule has 0 bridgehead atoms. The van der Waals surface area contributed by atoms with Crippen LogP contribution in [0, 0.1) is 17.3 Å². The third-order valence-corrected chi connectivity index (χ3v) is 4.76. The van der Waals surface area contributed by atoms with Gasteiger partial charge in [-0.1, -0.05) is 41.0 Å². The highest BCUT2D eigenvalue weighted by atomic mass is 15.1. The zero-order valence-corrected chi connectivity index (χ0v) is 13.4. The normalized spacial score (nSPS) is 28.8. The number of rotatable bonds is 7. The monoisotopic (exact) mass is 254 g/mol. The molecule has 2 heteroatoms. The van der Waals surface area contributed by atoms with E-state index in [1.807, 2.05) is 0 Å². The molecule has 0 radical (unpaired) electrons. The van der Waals surface area contributed by atoms with Crippen molar-refractivity contribution in [2.45, 2.75) is 59.9 Å². The van der Waals surface area contributed by atoms with Crippen molar-refractivity contribution in [3.63, 3.8) is 0 Å². The van der Waals surface area contributed by atoms with Crippen LogP contribution < -0.4 is 5.32 Å². The van der Waals surface area contributed by atoms with Crippen LogP contribution in [0.4, 0.5) is 0 Å². The maximum Gasteiger partial charge on any atom is 0.0159 e. The maximum absolute atomic E-state index is 3.73. The zero-order valence-electron chi connectivity index (χ0n) is 13.4. The molecule has 0 amide bonds. The molecule has 18 heavy (non-hydrogen) atoms. The molecular formula is C16H34N2. The molecule has 0 aromatic carbocycles. The first kappa shape index (κ1) is 16.0. The number of nitrogens with zero attached hydrogens (tertiary/aromatic N) is 1. The Kier molecular flexibility index (Phi) is 6.13. The molecule has 3 atom stereocenters. The number of hydrogen-bond acceptors (Lipinski definition) is 2. The standard InChI is InChI=1S/C16H34N2/c1-7-13(3)11-18(6)12-14-9-10-16(4,5)15(14)17-8-2/h13-15,17H,7-12H2,1-6H3. The minimum absolute atomic E-state index is 0.470.